The number of hydrogen-bond donors (Lipinski definition) is 1. The third-order valence-corrected chi connectivity index (χ3v) is 3.51. The first kappa shape index (κ1) is 11.3. The highest BCUT2D eigenvalue weighted by Gasteiger charge is 2.27. The Morgan fingerprint density at radius 2 is 2.38 bits per heavy atom. The molecule has 2 nitrogen and oxygen atoms in total. The Labute approximate surface area is 85.6 Å². The fraction of sp³-hybridized carbons (Fsp3) is 1.00. The molecule has 0 aromatic heterocycles. The Morgan fingerprint density at radius 1 is 1.54 bits per heavy atom. The quantitative estimate of drug-likeness (QED) is 0.694. The molecule has 0 spiro atoms. The van der Waals surface area contributed by atoms with Crippen LogP contribution in [0.1, 0.15) is 32.6 Å². The van der Waals surface area contributed by atoms with E-state index in [-0.39, 0.29) is 5.54 Å². The second-order valence-electron chi connectivity index (χ2n) is 3.82. The number of hydrogen-bond acceptors (Lipinski definition) is 3. The average Bonchev–Trinajstić information content (AvgIpc) is 2.14. The molecule has 1 atom stereocenters. The highest BCUT2D eigenvalue weighted by molar-refractivity contribution is 7.99. The summed E-state index contributed by atoms with van der Waals surface area (Å²) in [5.41, 5.74) is 6.20. The van der Waals surface area contributed by atoms with Gasteiger partial charge in [-0.1, -0.05) is 6.92 Å². The standard InChI is InChI=1S/C10H21NOS/c1-2-13-8-4-6-10(11)5-3-7-12-9-10/h2-9,11H2,1H3. The molecule has 0 aliphatic carbocycles. The lowest BCUT2D eigenvalue weighted by Gasteiger charge is -2.33. The monoisotopic (exact) mass is 203 g/mol. The maximum atomic E-state index is 6.21. The largest absolute Gasteiger partial charge is 0.380 e. The van der Waals surface area contributed by atoms with Crippen molar-refractivity contribution in [2.45, 2.75) is 38.1 Å². The molecule has 0 bridgehead atoms. The summed E-state index contributed by atoms with van der Waals surface area (Å²) in [6, 6.07) is 0. The molecule has 0 amide bonds. The predicted molar refractivity (Wildman–Crippen MR) is 59.2 cm³/mol. The van der Waals surface area contributed by atoms with Crippen molar-refractivity contribution in [3.8, 4) is 0 Å². The van der Waals surface area contributed by atoms with E-state index < -0.39 is 0 Å². The second-order valence-corrected chi connectivity index (χ2v) is 5.21. The molecule has 1 heterocycles. The van der Waals surface area contributed by atoms with Gasteiger partial charge < -0.3 is 10.5 Å². The summed E-state index contributed by atoms with van der Waals surface area (Å²) >= 11 is 2.00. The summed E-state index contributed by atoms with van der Waals surface area (Å²) in [5.74, 6) is 2.46. The van der Waals surface area contributed by atoms with Crippen LogP contribution >= 0.6 is 11.8 Å². The van der Waals surface area contributed by atoms with Gasteiger partial charge in [0.15, 0.2) is 0 Å². The normalized spacial score (nSPS) is 29.1. The molecular weight excluding hydrogens is 182 g/mol. The molecule has 1 unspecified atom stereocenters. The maximum absolute atomic E-state index is 6.21. The van der Waals surface area contributed by atoms with Crippen molar-refractivity contribution in [3.63, 3.8) is 0 Å². The first-order valence-electron chi connectivity index (χ1n) is 5.21. The van der Waals surface area contributed by atoms with Crippen molar-refractivity contribution in [2.24, 2.45) is 5.73 Å². The zero-order chi connectivity index (χ0) is 9.57. The van der Waals surface area contributed by atoms with Crippen LogP contribution in [0.5, 0.6) is 0 Å². The number of rotatable bonds is 5. The predicted octanol–water partition coefficient (Wildman–Crippen LogP) is 2.03. The maximum Gasteiger partial charge on any atom is 0.0646 e. The third kappa shape index (κ3) is 4.34. The summed E-state index contributed by atoms with van der Waals surface area (Å²) in [4.78, 5) is 0. The number of thioether (sulfide) groups is 1. The Kier molecular flexibility index (Phi) is 5.14. The summed E-state index contributed by atoms with van der Waals surface area (Å²) in [6.07, 6.45) is 4.64. The molecule has 1 rings (SSSR count). The molecule has 3 heteroatoms. The van der Waals surface area contributed by atoms with E-state index in [0.29, 0.717) is 0 Å². The molecular formula is C10H21NOS. The SMILES string of the molecule is CCSCCCC1(N)CCCOC1. The van der Waals surface area contributed by atoms with E-state index in [1.807, 2.05) is 11.8 Å². The van der Waals surface area contributed by atoms with Gasteiger partial charge in [-0.05, 0) is 37.2 Å². The van der Waals surface area contributed by atoms with Crippen LogP contribution in [0.4, 0.5) is 0 Å². The molecule has 0 aromatic rings. The lowest BCUT2D eigenvalue weighted by Crippen LogP contribution is -2.47. The molecule has 1 aliphatic rings. The van der Waals surface area contributed by atoms with E-state index in [1.54, 1.807) is 0 Å². The van der Waals surface area contributed by atoms with Gasteiger partial charge in [0.25, 0.3) is 0 Å². The lowest BCUT2D eigenvalue weighted by atomic mass is 9.89. The van der Waals surface area contributed by atoms with Gasteiger partial charge in [-0.2, -0.15) is 11.8 Å². The van der Waals surface area contributed by atoms with Crippen molar-refractivity contribution in [1.29, 1.82) is 0 Å². The molecule has 1 aliphatic heterocycles. The van der Waals surface area contributed by atoms with E-state index >= 15 is 0 Å². The minimum absolute atomic E-state index is 0.00739. The minimum atomic E-state index is -0.00739. The van der Waals surface area contributed by atoms with Gasteiger partial charge in [-0.15, -0.1) is 0 Å². The second kappa shape index (κ2) is 5.89. The van der Waals surface area contributed by atoms with Gasteiger partial charge in [0.1, 0.15) is 0 Å². The molecule has 0 aromatic carbocycles. The van der Waals surface area contributed by atoms with E-state index in [1.165, 1.54) is 17.9 Å². The van der Waals surface area contributed by atoms with E-state index in [9.17, 15) is 0 Å². The van der Waals surface area contributed by atoms with Crippen molar-refractivity contribution in [2.75, 3.05) is 24.7 Å². The average molecular weight is 203 g/mol. The number of nitrogens with two attached hydrogens (primary N) is 1. The zero-order valence-corrected chi connectivity index (χ0v) is 9.37. The zero-order valence-electron chi connectivity index (χ0n) is 8.55. The van der Waals surface area contributed by atoms with Crippen molar-refractivity contribution < 1.29 is 4.74 Å². The van der Waals surface area contributed by atoms with E-state index in [0.717, 1.165) is 32.5 Å². The number of ether oxygens (including phenoxy) is 1. The van der Waals surface area contributed by atoms with Crippen LogP contribution < -0.4 is 5.73 Å². The molecule has 13 heavy (non-hydrogen) atoms. The van der Waals surface area contributed by atoms with Gasteiger partial charge in [-0.25, -0.2) is 0 Å². The van der Waals surface area contributed by atoms with Crippen LogP contribution in [0.25, 0.3) is 0 Å². The Hall–Kier alpha value is 0.270. The Bertz CT molecular complexity index is 135. The van der Waals surface area contributed by atoms with Crippen LogP contribution in [-0.2, 0) is 4.74 Å². The minimum Gasteiger partial charge on any atom is -0.380 e. The molecule has 0 radical (unpaired) electrons. The van der Waals surface area contributed by atoms with Crippen LogP contribution in [0.3, 0.4) is 0 Å². The molecule has 1 saturated heterocycles. The third-order valence-electron chi connectivity index (χ3n) is 2.52. The summed E-state index contributed by atoms with van der Waals surface area (Å²) in [7, 11) is 0. The van der Waals surface area contributed by atoms with Crippen molar-refractivity contribution >= 4 is 11.8 Å². The Balaban J connectivity index is 2.10. The van der Waals surface area contributed by atoms with Crippen LogP contribution in [-0.4, -0.2) is 30.3 Å². The molecule has 2 N–H and O–H groups in total. The van der Waals surface area contributed by atoms with Gasteiger partial charge in [-0.3, -0.25) is 0 Å². The Morgan fingerprint density at radius 3 is 3.00 bits per heavy atom. The van der Waals surface area contributed by atoms with Crippen LogP contribution in [0.15, 0.2) is 0 Å². The molecule has 1 fully saturated rings. The molecule has 78 valence electrons. The van der Waals surface area contributed by atoms with Gasteiger partial charge in [0.05, 0.1) is 6.61 Å². The van der Waals surface area contributed by atoms with Gasteiger partial charge in [0, 0.05) is 12.1 Å². The lowest BCUT2D eigenvalue weighted by molar-refractivity contribution is 0.0343. The van der Waals surface area contributed by atoms with Crippen LogP contribution in [0.2, 0.25) is 0 Å². The first-order chi connectivity index (χ1) is 6.27. The summed E-state index contributed by atoms with van der Waals surface area (Å²) in [6.45, 7) is 3.87. The van der Waals surface area contributed by atoms with Gasteiger partial charge in [0.2, 0.25) is 0 Å². The summed E-state index contributed by atoms with van der Waals surface area (Å²) in [5, 5.41) is 0. The fourth-order valence-electron chi connectivity index (χ4n) is 1.74. The fourth-order valence-corrected chi connectivity index (χ4v) is 2.38. The van der Waals surface area contributed by atoms with Crippen molar-refractivity contribution in [3.05, 3.63) is 0 Å². The van der Waals surface area contributed by atoms with Crippen LogP contribution in [0, 0.1) is 0 Å². The van der Waals surface area contributed by atoms with Gasteiger partial charge >= 0.3 is 0 Å². The highest BCUT2D eigenvalue weighted by atomic mass is 32.2. The van der Waals surface area contributed by atoms with E-state index in [4.69, 9.17) is 10.5 Å². The van der Waals surface area contributed by atoms with Crippen molar-refractivity contribution in [1.82, 2.24) is 0 Å². The topological polar surface area (TPSA) is 35.2 Å². The first-order valence-corrected chi connectivity index (χ1v) is 6.37. The van der Waals surface area contributed by atoms with E-state index in [2.05, 4.69) is 6.92 Å². The summed E-state index contributed by atoms with van der Waals surface area (Å²) < 4.78 is 5.41. The smallest absolute Gasteiger partial charge is 0.0646 e. The highest BCUT2D eigenvalue weighted by Crippen LogP contribution is 2.22. The molecule has 0 saturated carbocycles.